The van der Waals surface area contributed by atoms with Gasteiger partial charge in [-0.1, -0.05) is 12.1 Å². The molecule has 0 saturated carbocycles. The van der Waals surface area contributed by atoms with Crippen molar-refractivity contribution in [2.24, 2.45) is 0 Å². The van der Waals surface area contributed by atoms with E-state index in [1.807, 2.05) is 24.3 Å². The van der Waals surface area contributed by atoms with Gasteiger partial charge >= 0.3 is 5.97 Å². The average molecular weight is 358 g/mol. The molecule has 1 aromatic heterocycles. The average Bonchev–Trinajstić information content (AvgIpc) is 3.08. The Morgan fingerprint density at radius 2 is 1.96 bits per heavy atom. The number of nitrogens with one attached hydrogen (secondary N) is 1. The maximum atomic E-state index is 11.3. The summed E-state index contributed by atoms with van der Waals surface area (Å²) in [4.78, 5) is 22.8. The van der Waals surface area contributed by atoms with Gasteiger partial charge in [0.2, 0.25) is 11.8 Å². The van der Waals surface area contributed by atoms with Gasteiger partial charge in [-0.05, 0) is 12.1 Å². The first kappa shape index (κ1) is 17.0. The number of nitrogens with zero attached hydrogens (tertiary/aromatic N) is 3. The van der Waals surface area contributed by atoms with Gasteiger partial charge in [-0.15, -0.1) is 0 Å². The molecular formula is C18H22N4O4. The molecule has 3 heterocycles. The lowest BCUT2D eigenvalue weighted by atomic mass is 10.2. The van der Waals surface area contributed by atoms with Crippen LogP contribution in [0.4, 0.5) is 5.95 Å². The Balaban J connectivity index is 1.65. The van der Waals surface area contributed by atoms with Gasteiger partial charge in [0.05, 0.1) is 24.1 Å². The van der Waals surface area contributed by atoms with Gasteiger partial charge in [-0.2, -0.15) is 4.98 Å². The molecule has 2 saturated heterocycles. The van der Waals surface area contributed by atoms with Crippen LogP contribution >= 0.6 is 0 Å². The third kappa shape index (κ3) is 3.56. The van der Waals surface area contributed by atoms with Crippen LogP contribution < -0.4 is 15.0 Å². The first-order valence-electron chi connectivity index (χ1n) is 8.85. The van der Waals surface area contributed by atoms with Crippen molar-refractivity contribution in [3.05, 3.63) is 24.3 Å². The summed E-state index contributed by atoms with van der Waals surface area (Å²) in [5.41, 5.74) is 0.828. The highest BCUT2D eigenvalue weighted by Crippen LogP contribution is 2.28. The van der Waals surface area contributed by atoms with E-state index in [9.17, 15) is 4.79 Å². The molecule has 138 valence electrons. The summed E-state index contributed by atoms with van der Waals surface area (Å²) in [5.74, 6) is 0.808. The van der Waals surface area contributed by atoms with Crippen LogP contribution in [-0.4, -0.2) is 67.5 Å². The lowest BCUT2D eigenvalue weighted by Crippen LogP contribution is -2.44. The highest BCUT2D eigenvalue weighted by molar-refractivity contribution is 5.84. The predicted octanol–water partition coefficient (Wildman–Crippen LogP) is 0.749. The lowest BCUT2D eigenvalue weighted by molar-refractivity contribution is -0.149. The molecule has 26 heavy (non-hydrogen) atoms. The number of anilines is 1. The second-order valence-corrected chi connectivity index (χ2v) is 6.42. The number of hydrogen-bond acceptors (Lipinski definition) is 8. The molecular weight excluding hydrogens is 336 g/mol. The number of esters is 1. The molecule has 2 atom stereocenters. The standard InChI is InChI=1S/C18H22N4O4/c1-12(23)25-15-10-24-11-16(15)26-17-13-4-2-3-5-14(13)20-18(21-17)22-8-6-19-7-9-22/h2-5,15-16,19H,6-11H2,1H3/t15-,16+/m0/s1. The number of benzene rings is 1. The summed E-state index contributed by atoms with van der Waals surface area (Å²) in [6, 6.07) is 7.76. The molecule has 2 aromatic rings. The maximum absolute atomic E-state index is 11.3. The smallest absolute Gasteiger partial charge is 0.303 e. The van der Waals surface area contributed by atoms with E-state index in [4.69, 9.17) is 19.2 Å². The van der Waals surface area contributed by atoms with Crippen molar-refractivity contribution < 1.29 is 19.0 Å². The molecule has 0 unspecified atom stereocenters. The minimum atomic E-state index is -0.427. The molecule has 0 aliphatic carbocycles. The van der Waals surface area contributed by atoms with Crippen LogP contribution in [0.3, 0.4) is 0 Å². The zero-order valence-corrected chi connectivity index (χ0v) is 14.7. The van der Waals surface area contributed by atoms with E-state index in [1.165, 1.54) is 6.92 Å². The number of piperazine rings is 1. The minimum absolute atomic E-state index is 0.331. The van der Waals surface area contributed by atoms with Gasteiger partial charge in [-0.25, -0.2) is 4.98 Å². The van der Waals surface area contributed by atoms with Crippen molar-refractivity contribution >= 4 is 22.8 Å². The van der Waals surface area contributed by atoms with Crippen molar-refractivity contribution in [1.82, 2.24) is 15.3 Å². The minimum Gasteiger partial charge on any atom is -0.467 e. The third-order valence-electron chi connectivity index (χ3n) is 4.52. The van der Waals surface area contributed by atoms with Crippen LogP contribution in [0, 0.1) is 0 Å². The Labute approximate surface area is 151 Å². The first-order valence-corrected chi connectivity index (χ1v) is 8.85. The summed E-state index contributed by atoms with van der Waals surface area (Å²) in [7, 11) is 0. The van der Waals surface area contributed by atoms with Crippen molar-refractivity contribution in [3.8, 4) is 5.88 Å². The molecule has 0 radical (unpaired) electrons. The lowest BCUT2D eigenvalue weighted by Gasteiger charge is -2.28. The monoisotopic (exact) mass is 358 g/mol. The van der Waals surface area contributed by atoms with E-state index >= 15 is 0 Å². The molecule has 2 aliphatic rings. The second kappa shape index (κ2) is 7.43. The number of fused-ring (bicyclic) bond motifs is 1. The van der Waals surface area contributed by atoms with Crippen molar-refractivity contribution in [2.45, 2.75) is 19.1 Å². The summed E-state index contributed by atoms with van der Waals surface area (Å²) in [6.07, 6.45) is -0.808. The van der Waals surface area contributed by atoms with Gasteiger partial charge in [0, 0.05) is 33.1 Å². The molecule has 0 amide bonds. The Kier molecular flexibility index (Phi) is 4.85. The molecule has 8 nitrogen and oxygen atoms in total. The van der Waals surface area contributed by atoms with Gasteiger partial charge in [0.15, 0.2) is 12.2 Å². The molecule has 8 heteroatoms. The number of aromatic nitrogens is 2. The highest BCUT2D eigenvalue weighted by atomic mass is 16.6. The normalized spacial score (nSPS) is 23.2. The second-order valence-electron chi connectivity index (χ2n) is 6.42. The van der Waals surface area contributed by atoms with E-state index in [2.05, 4.69) is 15.2 Å². The van der Waals surface area contributed by atoms with Crippen LogP contribution in [-0.2, 0) is 14.3 Å². The molecule has 1 N–H and O–H groups in total. The fourth-order valence-corrected chi connectivity index (χ4v) is 3.22. The number of ether oxygens (including phenoxy) is 3. The van der Waals surface area contributed by atoms with Crippen molar-refractivity contribution in [1.29, 1.82) is 0 Å². The number of para-hydroxylation sites is 1. The fourth-order valence-electron chi connectivity index (χ4n) is 3.22. The van der Waals surface area contributed by atoms with E-state index in [0.717, 1.165) is 37.1 Å². The zero-order chi connectivity index (χ0) is 17.9. The number of hydrogen-bond donors (Lipinski definition) is 1. The molecule has 0 bridgehead atoms. The van der Waals surface area contributed by atoms with E-state index < -0.39 is 6.10 Å². The predicted molar refractivity (Wildman–Crippen MR) is 95.4 cm³/mol. The largest absolute Gasteiger partial charge is 0.467 e. The maximum Gasteiger partial charge on any atom is 0.303 e. The van der Waals surface area contributed by atoms with Gasteiger partial charge in [-0.3, -0.25) is 4.79 Å². The van der Waals surface area contributed by atoms with Crippen molar-refractivity contribution in [3.63, 3.8) is 0 Å². The van der Waals surface area contributed by atoms with E-state index in [-0.39, 0.29) is 12.1 Å². The molecule has 0 spiro atoms. The highest BCUT2D eigenvalue weighted by Gasteiger charge is 2.33. The van der Waals surface area contributed by atoms with Crippen LogP contribution in [0.1, 0.15) is 6.92 Å². The molecule has 2 aliphatic heterocycles. The number of carbonyl (C=O) groups excluding carboxylic acids is 1. The summed E-state index contributed by atoms with van der Waals surface area (Å²) in [5, 5.41) is 4.16. The number of carbonyl (C=O) groups is 1. The topological polar surface area (TPSA) is 85.8 Å². The number of rotatable bonds is 4. The van der Waals surface area contributed by atoms with Crippen molar-refractivity contribution in [2.75, 3.05) is 44.3 Å². The van der Waals surface area contributed by atoms with Gasteiger partial charge in [0.1, 0.15) is 0 Å². The summed E-state index contributed by atoms with van der Waals surface area (Å²) >= 11 is 0. The molecule has 4 rings (SSSR count). The Hall–Kier alpha value is -2.45. The van der Waals surface area contributed by atoms with E-state index in [1.54, 1.807) is 0 Å². The summed E-state index contributed by atoms with van der Waals surface area (Å²) < 4.78 is 16.9. The quantitative estimate of drug-likeness (QED) is 0.802. The summed E-state index contributed by atoms with van der Waals surface area (Å²) in [6.45, 7) is 5.57. The first-order chi connectivity index (χ1) is 12.7. The Bertz CT molecular complexity index is 794. The van der Waals surface area contributed by atoms with Gasteiger partial charge in [0.25, 0.3) is 0 Å². The molecule has 2 fully saturated rings. The van der Waals surface area contributed by atoms with Crippen LogP contribution in [0.15, 0.2) is 24.3 Å². The fraction of sp³-hybridized carbons (Fsp3) is 0.500. The van der Waals surface area contributed by atoms with Crippen LogP contribution in [0.25, 0.3) is 10.9 Å². The van der Waals surface area contributed by atoms with Crippen LogP contribution in [0.5, 0.6) is 5.88 Å². The zero-order valence-electron chi connectivity index (χ0n) is 14.7. The van der Waals surface area contributed by atoms with E-state index in [0.29, 0.717) is 25.0 Å². The van der Waals surface area contributed by atoms with Crippen LogP contribution in [0.2, 0.25) is 0 Å². The van der Waals surface area contributed by atoms with Gasteiger partial charge < -0.3 is 24.4 Å². The molecule has 1 aromatic carbocycles. The Morgan fingerprint density at radius 3 is 2.77 bits per heavy atom. The SMILES string of the molecule is CC(=O)O[C@H]1COC[C@H]1Oc1nc(N2CCNCC2)nc2ccccc12. The third-order valence-corrected chi connectivity index (χ3v) is 4.52. The Morgan fingerprint density at radius 1 is 1.19 bits per heavy atom.